The lowest BCUT2D eigenvalue weighted by Gasteiger charge is -2.27. The minimum Gasteiger partial charge on any atom is -0.344 e. The monoisotopic (exact) mass is 304 g/mol. The molecule has 0 aliphatic carbocycles. The maximum Gasteiger partial charge on any atom is 0.234 e. The third-order valence-electron chi connectivity index (χ3n) is 3.96. The standard InChI is InChI=1S/C20H20N2O/c23-20(21-13-6-9-17-7-2-1-3-8-17)16-22-14-12-18-10-4-5-11-19(18)15-22/h1-5,7-8,10-11H,12-16H2,(H,21,23). The van der Waals surface area contributed by atoms with Crippen molar-refractivity contribution in [2.75, 3.05) is 19.6 Å². The van der Waals surface area contributed by atoms with Crippen LogP contribution >= 0.6 is 0 Å². The van der Waals surface area contributed by atoms with E-state index in [2.05, 4.69) is 46.3 Å². The molecule has 0 saturated heterocycles. The van der Waals surface area contributed by atoms with Crippen LogP contribution in [0.1, 0.15) is 16.7 Å². The zero-order valence-electron chi connectivity index (χ0n) is 13.1. The van der Waals surface area contributed by atoms with Crippen LogP contribution in [0.3, 0.4) is 0 Å². The molecule has 0 saturated carbocycles. The van der Waals surface area contributed by atoms with Crippen LogP contribution in [0.25, 0.3) is 0 Å². The predicted octanol–water partition coefficient (Wildman–Crippen LogP) is 2.21. The molecule has 0 atom stereocenters. The lowest BCUT2D eigenvalue weighted by molar-refractivity contribution is -0.122. The SMILES string of the molecule is O=C(CN1CCc2ccccc2C1)NCC#Cc1ccccc1. The second-order valence-corrected chi connectivity index (χ2v) is 5.67. The average molecular weight is 304 g/mol. The Kier molecular flexibility index (Phi) is 5.08. The lowest BCUT2D eigenvalue weighted by atomic mass is 10.00. The van der Waals surface area contributed by atoms with E-state index in [4.69, 9.17) is 0 Å². The molecule has 0 bridgehead atoms. The summed E-state index contributed by atoms with van der Waals surface area (Å²) in [6, 6.07) is 18.2. The average Bonchev–Trinajstić information content (AvgIpc) is 2.59. The van der Waals surface area contributed by atoms with Crippen LogP contribution in [0.2, 0.25) is 0 Å². The highest BCUT2D eigenvalue weighted by atomic mass is 16.2. The van der Waals surface area contributed by atoms with Gasteiger partial charge in [0.2, 0.25) is 5.91 Å². The molecule has 116 valence electrons. The minimum atomic E-state index is 0.0340. The number of carbonyl (C=O) groups excluding carboxylic acids is 1. The van der Waals surface area contributed by atoms with Crippen molar-refractivity contribution < 1.29 is 4.79 Å². The van der Waals surface area contributed by atoms with Gasteiger partial charge in [0, 0.05) is 18.7 Å². The van der Waals surface area contributed by atoms with Crippen molar-refractivity contribution in [3.63, 3.8) is 0 Å². The fraction of sp³-hybridized carbons (Fsp3) is 0.250. The van der Waals surface area contributed by atoms with Crippen LogP contribution in [-0.4, -0.2) is 30.4 Å². The van der Waals surface area contributed by atoms with Gasteiger partial charge in [-0.05, 0) is 29.7 Å². The summed E-state index contributed by atoms with van der Waals surface area (Å²) in [6.07, 6.45) is 1.01. The topological polar surface area (TPSA) is 32.3 Å². The van der Waals surface area contributed by atoms with Crippen molar-refractivity contribution in [3.05, 3.63) is 71.3 Å². The van der Waals surface area contributed by atoms with Gasteiger partial charge in [-0.2, -0.15) is 0 Å². The van der Waals surface area contributed by atoms with E-state index in [1.54, 1.807) is 0 Å². The highest BCUT2D eigenvalue weighted by Gasteiger charge is 2.17. The Bertz CT molecular complexity index is 728. The molecular formula is C20H20N2O. The van der Waals surface area contributed by atoms with Gasteiger partial charge in [0.25, 0.3) is 0 Å². The van der Waals surface area contributed by atoms with E-state index in [0.717, 1.165) is 25.1 Å². The van der Waals surface area contributed by atoms with E-state index >= 15 is 0 Å². The third kappa shape index (κ3) is 4.45. The highest BCUT2D eigenvalue weighted by molar-refractivity contribution is 5.78. The van der Waals surface area contributed by atoms with Gasteiger partial charge in [-0.15, -0.1) is 0 Å². The quantitative estimate of drug-likeness (QED) is 0.882. The van der Waals surface area contributed by atoms with Gasteiger partial charge < -0.3 is 5.32 Å². The molecule has 1 aliphatic heterocycles. The van der Waals surface area contributed by atoms with E-state index in [1.165, 1.54) is 11.1 Å². The van der Waals surface area contributed by atoms with Crippen LogP contribution in [-0.2, 0) is 17.8 Å². The van der Waals surface area contributed by atoms with Crippen LogP contribution in [0.15, 0.2) is 54.6 Å². The van der Waals surface area contributed by atoms with Gasteiger partial charge in [0.1, 0.15) is 0 Å². The van der Waals surface area contributed by atoms with Gasteiger partial charge in [0.05, 0.1) is 13.1 Å². The molecule has 0 unspecified atom stereocenters. The maximum atomic E-state index is 12.0. The number of nitrogens with one attached hydrogen (secondary N) is 1. The summed E-state index contributed by atoms with van der Waals surface area (Å²) >= 11 is 0. The van der Waals surface area contributed by atoms with E-state index in [0.29, 0.717) is 13.1 Å². The molecule has 0 spiro atoms. The normalized spacial score (nSPS) is 13.6. The smallest absolute Gasteiger partial charge is 0.234 e. The molecule has 1 aliphatic rings. The Morgan fingerprint density at radius 1 is 1.04 bits per heavy atom. The molecule has 0 aromatic heterocycles. The van der Waals surface area contributed by atoms with Crippen molar-refractivity contribution in [1.82, 2.24) is 10.2 Å². The van der Waals surface area contributed by atoms with Crippen LogP contribution in [0.5, 0.6) is 0 Å². The molecule has 1 N–H and O–H groups in total. The van der Waals surface area contributed by atoms with Crippen LogP contribution in [0, 0.1) is 11.8 Å². The van der Waals surface area contributed by atoms with Crippen molar-refractivity contribution >= 4 is 5.91 Å². The Labute approximate surface area is 137 Å². The summed E-state index contributed by atoms with van der Waals surface area (Å²) < 4.78 is 0. The Morgan fingerprint density at radius 3 is 2.61 bits per heavy atom. The molecule has 1 amide bonds. The van der Waals surface area contributed by atoms with Crippen molar-refractivity contribution in [3.8, 4) is 11.8 Å². The second-order valence-electron chi connectivity index (χ2n) is 5.67. The fourth-order valence-electron chi connectivity index (χ4n) is 2.76. The third-order valence-corrected chi connectivity index (χ3v) is 3.96. The molecule has 0 radical (unpaired) electrons. The number of rotatable bonds is 3. The van der Waals surface area contributed by atoms with E-state index in [1.807, 2.05) is 30.3 Å². The number of hydrogen-bond acceptors (Lipinski definition) is 2. The molecule has 1 heterocycles. The van der Waals surface area contributed by atoms with Crippen molar-refractivity contribution in [2.45, 2.75) is 13.0 Å². The fourth-order valence-corrected chi connectivity index (χ4v) is 2.76. The van der Waals surface area contributed by atoms with Gasteiger partial charge in [-0.3, -0.25) is 9.69 Å². The summed E-state index contributed by atoms with van der Waals surface area (Å²) in [5, 5.41) is 2.87. The van der Waals surface area contributed by atoms with Crippen molar-refractivity contribution in [1.29, 1.82) is 0 Å². The number of hydrogen-bond donors (Lipinski definition) is 1. The molecule has 3 heteroatoms. The van der Waals surface area contributed by atoms with Gasteiger partial charge >= 0.3 is 0 Å². The van der Waals surface area contributed by atoms with E-state index in [-0.39, 0.29) is 5.91 Å². The van der Waals surface area contributed by atoms with Gasteiger partial charge in [0.15, 0.2) is 0 Å². The number of amides is 1. The predicted molar refractivity (Wildman–Crippen MR) is 91.8 cm³/mol. The first-order chi connectivity index (χ1) is 11.3. The summed E-state index contributed by atoms with van der Waals surface area (Å²) in [5.74, 6) is 6.06. The molecule has 3 nitrogen and oxygen atoms in total. The number of nitrogens with zero attached hydrogens (tertiary/aromatic N) is 1. The van der Waals surface area contributed by atoms with E-state index < -0.39 is 0 Å². The zero-order valence-corrected chi connectivity index (χ0v) is 13.1. The largest absolute Gasteiger partial charge is 0.344 e. The molecule has 0 fully saturated rings. The van der Waals surface area contributed by atoms with E-state index in [9.17, 15) is 4.79 Å². The number of benzene rings is 2. The summed E-state index contributed by atoms with van der Waals surface area (Å²) in [7, 11) is 0. The van der Waals surface area contributed by atoms with Gasteiger partial charge in [-0.1, -0.05) is 54.3 Å². The molecule has 3 rings (SSSR count). The minimum absolute atomic E-state index is 0.0340. The summed E-state index contributed by atoms with van der Waals surface area (Å²) in [4.78, 5) is 14.2. The Hall–Kier alpha value is -2.57. The highest BCUT2D eigenvalue weighted by Crippen LogP contribution is 2.17. The van der Waals surface area contributed by atoms with Crippen molar-refractivity contribution in [2.24, 2.45) is 0 Å². The molecule has 2 aromatic carbocycles. The Morgan fingerprint density at radius 2 is 1.78 bits per heavy atom. The molecular weight excluding hydrogens is 284 g/mol. The lowest BCUT2D eigenvalue weighted by Crippen LogP contribution is -2.40. The second kappa shape index (κ2) is 7.62. The molecule has 2 aromatic rings. The first-order valence-electron chi connectivity index (χ1n) is 7.91. The summed E-state index contributed by atoms with van der Waals surface area (Å²) in [5.41, 5.74) is 3.70. The first-order valence-corrected chi connectivity index (χ1v) is 7.91. The Balaban J connectivity index is 1.45. The number of carbonyl (C=O) groups is 1. The molecule has 23 heavy (non-hydrogen) atoms. The van der Waals surface area contributed by atoms with Crippen LogP contribution < -0.4 is 5.32 Å². The maximum absolute atomic E-state index is 12.0. The first kappa shape index (κ1) is 15.3. The zero-order chi connectivity index (χ0) is 15.9. The summed E-state index contributed by atoms with van der Waals surface area (Å²) in [6.45, 7) is 2.60. The number of fused-ring (bicyclic) bond motifs is 1. The van der Waals surface area contributed by atoms with Crippen LogP contribution in [0.4, 0.5) is 0 Å². The van der Waals surface area contributed by atoms with Gasteiger partial charge in [-0.25, -0.2) is 0 Å².